The second kappa shape index (κ2) is 13.3. The number of nitrogens with one attached hydrogen (secondary N) is 3. The van der Waals surface area contributed by atoms with E-state index in [2.05, 4.69) is 190 Å². The Hall–Kier alpha value is -6.02. The van der Waals surface area contributed by atoms with Crippen LogP contribution in [0.4, 0.5) is 0 Å². The maximum atomic E-state index is 6.69. The topological polar surface area (TPSA) is 50.2 Å². The molecule has 3 N–H and O–H groups in total. The van der Waals surface area contributed by atoms with Gasteiger partial charge < -0.3 is 9.30 Å². The molecular formula is C51H40N4OS. The first-order valence-electron chi connectivity index (χ1n) is 20.1. The quantitative estimate of drug-likeness (QED) is 0.164. The van der Waals surface area contributed by atoms with E-state index in [0.29, 0.717) is 0 Å². The zero-order chi connectivity index (χ0) is 37.5. The first-order valence-corrected chi connectivity index (χ1v) is 20.9. The lowest BCUT2D eigenvalue weighted by Crippen LogP contribution is -2.54. The SMILES string of the molecule is C1=Cc2c(c3ccccc3n2C2=CC3Oc4ccc(-c5cccc6c5sc5cc(C7NC(c8ccccc8)NC(c8ccccc8)N7)ccc56)cc4C3C=C2)CC1. The maximum Gasteiger partial charge on any atom is 0.130 e. The highest BCUT2D eigenvalue weighted by Gasteiger charge is 2.35. The Morgan fingerprint density at radius 2 is 1.37 bits per heavy atom. The van der Waals surface area contributed by atoms with Crippen LogP contribution in [0.2, 0.25) is 0 Å². The Balaban J connectivity index is 0.871. The lowest BCUT2D eigenvalue weighted by molar-refractivity contribution is 0.203. The van der Waals surface area contributed by atoms with Gasteiger partial charge in [-0.15, -0.1) is 11.3 Å². The molecule has 0 amide bonds. The van der Waals surface area contributed by atoms with Gasteiger partial charge in [0.2, 0.25) is 0 Å². The molecule has 2 aliphatic carbocycles. The van der Waals surface area contributed by atoms with Crippen LogP contribution in [0, 0.1) is 0 Å². The van der Waals surface area contributed by atoms with Gasteiger partial charge in [0.05, 0.1) is 24.0 Å². The number of aryl methyl sites for hydroxylation is 1. The number of benzene rings is 6. The van der Waals surface area contributed by atoms with Crippen LogP contribution in [0.3, 0.4) is 0 Å². The summed E-state index contributed by atoms with van der Waals surface area (Å²) in [4.78, 5) is 0. The predicted molar refractivity (Wildman–Crippen MR) is 235 cm³/mol. The number of aromatic nitrogens is 1. The largest absolute Gasteiger partial charge is 0.485 e. The molecule has 5 nitrogen and oxygen atoms in total. The van der Waals surface area contributed by atoms with Crippen molar-refractivity contribution in [2.24, 2.45) is 0 Å². The molecule has 4 unspecified atom stereocenters. The second-order valence-electron chi connectivity index (χ2n) is 15.6. The fraction of sp³-hybridized carbons (Fsp3) is 0.137. The summed E-state index contributed by atoms with van der Waals surface area (Å²) < 4.78 is 11.7. The first-order chi connectivity index (χ1) is 28.2. The summed E-state index contributed by atoms with van der Waals surface area (Å²) in [5, 5.41) is 15.4. The zero-order valence-corrected chi connectivity index (χ0v) is 32.0. The van der Waals surface area contributed by atoms with Crippen LogP contribution in [-0.2, 0) is 6.42 Å². The third kappa shape index (κ3) is 5.47. The molecule has 0 bridgehead atoms. The number of thiophene rings is 1. The summed E-state index contributed by atoms with van der Waals surface area (Å²) in [6.45, 7) is 0. The van der Waals surface area contributed by atoms with Crippen LogP contribution in [0.5, 0.6) is 5.75 Å². The normalized spacial score (nSPS) is 22.3. The molecule has 57 heavy (non-hydrogen) atoms. The predicted octanol–water partition coefficient (Wildman–Crippen LogP) is 11.8. The highest BCUT2D eigenvalue weighted by atomic mass is 32.1. The van der Waals surface area contributed by atoms with Crippen molar-refractivity contribution in [1.29, 1.82) is 0 Å². The maximum absolute atomic E-state index is 6.69. The number of hydrogen-bond acceptors (Lipinski definition) is 5. The van der Waals surface area contributed by atoms with Crippen LogP contribution in [0.1, 0.15) is 64.3 Å². The van der Waals surface area contributed by atoms with Crippen LogP contribution < -0.4 is 20.7 Å². The minimum absolute atomic E-state index is 0.00642. The van der Waals surface area contributed by atoms with Gasteiger partial charge in [0.1, 0.15) is 11.9 Å². The number of nitrogens with zero attached hydrogens (tertiary/aromatic N) is 1. The molecule has 8 aromatic rings. The molecule has 0 saturated carbocycles. The van der Waals surface area contributed by atoms with Crippen LogP contribution in [0.25, 0.3) is 54.0 Å². The van der Waals surface area contributed by atoms with E-state index < -0.39 is 0 Å². The average molecular weight is 757 g/mol. The molecule has 6 aromatic carbocycles. The fourth-order valence-corrected chi connectivity index (χ4v) is 10.9. The molecule has 12 rings (SSSR count). The van der Waals surface area contributed by atoms with E-state index in [1.165, 1.54) is 81.4 Å². The molecule has 4 aliphatic rings. The molecule has 6 heteroatoms. The zero-order valence-electron chi connectivity index (χ0n) is 31.2. The van der Waals surface area contributed by atoms with Gasteiger partial charge in [-0.1, -0.05) is 127 Å². The van der Waals surface area contributed by atoms with Gasteiger partial charge in [0.25, 0.3) is 0 Å². The number of ether oxygens (including phenoxy) is 1. The molecule has 1 fully saturated rings. The standard InChI is InChI=1S/C51H40N4OS/c1-3-12-31(13-4-1)49-52-50(32-14-5-2-6-15-32)54-51(53-49)34-22-25-40-41-19-11-18-36(48(41)57-47(40)29-34)33-23-27-45-42(28-33)39-26-24-35(30-46(39)56-45)55-43-20-9-7-16-37(43)38-17-8-10-21-44(38)55/h1-7,9-16,18-30,39,46,49-54H,8,17H2. The molecule has 0 spiro atoms. The fourth-order valence-electron chi connectivity index (χ4n) is 9.61. The third-order valence-corrected chi connectivity index (χ3v) is 13.5. The van der Waals surface area contributed by atoms with Crippen molar-refractivity contribution in [1.82, 2.24) is 20.5 Å². The molecular weight excluding hydrogens is 717 g/mol. The van der Waals surface area contributed by atoms with Gasteiger partial charge >= 0.3 is 0 Å². The van der Waals surface area contributed by atoms with Crippen molar-refractivity contribution < 1.29 is 4.74 Å². The van der Waals surface area contributed by atoms with Crippen molar-refractivity contribution >= 4 is 54.2 Å². The summed E-state index contributed by atoms with van der Waals surface area (Å²) in [5.74, 6) is 1.15. The summed E-state index contributed by atoms with van der Waals surface area (Å²) in [6.07, 6.45) is 13.7. The first kappa shape index (κ1) is 33.2. The van der Waals surface area contributed by atoms with Crippen molar-refractivity contribution in [2.75, 3.05) is 0 Å². The van der Waals surface area contributed by atoms with Gasteiger partial charge in [0, 0.05) is 48.4 Å². The van der Waals surface area contributed by atoms with E-state index in [4.69, 9.17) is 4.74 Å². The number of rotatable bonds is 5. The lowest BCUT2D eigenvalue weighted by atomic mass is 9.89. The minimum Gasteiger partial charge on any atom is -0.485 e. The highest BCUT2D eigenvalue weighted by molar-refractivity contribution is 7.26. The van der Waals surface area contributed by atoms with E-state index >= 15 is 0 Å². The molecule has 1 saturated heterocycles. The Bertz CT molecular complexity index is 2910. The Morgan fingerprint density at radius 1 is 0.632 bits per heavy atom. The van der Waals surface area contributed by atoms with Crippen LogP contribution >= 0.6 is 11.3 Å². The molecule has 2 aromatic heterocycles. The molecule has 276 valence electrons. The van der Waals surface area contributed by atoms with E-state index in [1.807, 2.05) is 11.3 Å². The number of para-hydroxylation sites is 1. The number of hydrogen-bond donors (Lipinski definition) is 3. The van der Waals surface area contributed by atoms with Gasteiger partial charge in [-0.3, -0.25) is 16.0 Å². The van der Waals surface area contributed by atoms with E-state index in [9.17, 15) is 0 Å². The van der Waals surface area contributed by atoms with Crippen LogP contribution in [-0.4, -0.2) is 10.7 Å². The number of allylic oxidation sites excluding steroid dienone is 3. The average Bonchev–Trinajstić information content (AvgIpc) is 3.95. The summed E-state index contributed by atoms with van der Waals surface area (Å²) >= 11 is 1.89. The smallest absolute Gasteiger partial charge is 0.130 e. The van der Waals surface area contributed by atoms with E-state index in [1.54, 1.807) is 0 Å². The monoisotopic (exact) mass is 756 g/mol. The Labute approximate surface area is 335 Å². The van der Waals surface area contributed by atoms with Gasteiger partial charge in [-0.05, 0) is 88.7 Å². The van der Waals surface area contributed by atoms with Crippen molar-refractivity contribution in [3.63, 3.8) is 0 Å². The van der Waals surface area contributed by atoms with Gasteiger partial charge in [0.15, 0.2) is 0 Å². The number of fused-ring (bicyclic) bond motifs is 9. The molecule has 0 radical (unpaired) electrons. The van der Waals surface area contributed by atoms with E-state index in [-0.39, 0.29) is 30.5 Å². The van der Waals surface area contributed by atoms with Crippen LogP contribution in [0.15, 0.2) is 164 Å². The minimum atomic E-state index is -0.0448. The van der Waals surface area contributed by atoms with Crippen molar-refractivity contribution in [2.45, 2.75) is 43.4 Å². The van der Waals surface area contributed by atoms with E-state index in [0.717, 1.165) is 18.6 Å². The van der Waals surface area contributed by atoms with Gasteiger partial charge in [-0.25, -0.2) is 0 Å². The summed E-state index contributed by atoms with van der Waals surface area (Å²) in [6, 6.07) is 50.7. The van der Waals surface area contributed by atoms with Crippen molar-refractivity contribution in [3.8, 4) is 16.9 Å². The van der Waals surface area contributed by atoms with Gasteiger partial charge in [-0.2, -0.15) is 0 Å². The van der Waals surface area contributed by atoms with Crippen molar-refractivity contribution in [3.05, 3.63) is 197 Å². The third-order valence-electron chi connectivity index (χ3n) is 12.3. The highest BCUT2D eigenvalue weighted by Crippen LogP contribution is 2.47. The lowest BCUT2D eigenvalue weighted by Gasteiger charge is -2.39. The Morgan fingerprint density at radius 3 is 2.18 bits per heavy atom. The molecule has 4 heterocycles. The molecule has 2 aliphatic heterocycles. The second-order valence-corrected chi connectivity index (χ2v) is 16.7. The Kier molecular flexibility index (Phi) is 7.73. The summed E-state index contributed by atoms with van der Waals surface area (Å²) in [7, 11) is 0. The summed E-state index contributed by atoms with van der Waals surface area (Å²) in [5.41, 5.74) is 12.6. The molecule has 4 atom stereocenters.